The highest BCUT2D eigenvalue weighted by atomic mass is 32.2. The van der Waals surface area contributed by atoms with Crippen molar-refractivity contribution in [3.05, 3.63) is 30.3 Å². The van der Waals surface area contributed by atoms with Crippen LogP contribution < -0.4 is 10.6 Å². The Morgan fingerprint density at radius 2 is 1.78 bits per heavy atom. The summed E-state index contributed by atoms with van der Waals surface area (Å²) in [5.74, 6) is -1.66. The number of rotatable bonds is 8. The smallest absolute Gasteiger partial charge is 0.244 e. The van der Waals surface area contributed by atoms with Crippen LogP contribution in [0, 0.1) is 23.2 Å². The number of para-hydroxylation sites is 1. The van der Waals surface area contributed by atoms with Crippen molar-refractivity contribution < 1.29 is 19.5 Å². The maximum Gasteiger partial charge on any atom is 0.244 e. The molecule has 0 saturated carbocycles. The molecule has 3 fully saturated rings. The number of hydrogen-bond donors (Lipinski definition) is 3. The topological polar surface area (TPSA) is 98.7 Å². The van der Waals surface area contributed by atoms with Crippen molar-refractivity contribution in [1.29, 1.82) is 0 Å². The number of nitrogens with zero attached hydrogens (tertiary/aromatic N) is 1. The van der Waals surface area contributed by atoms with E-state index in [1.807, 2.05) is 58.0 Å². The lowest BCUT2D eigenvalue weighted by atomic mass is 9.70. The fourth-order valence-electron chi connectivity index (χ4n) is 7.19. The molecule has 3 aliphatic heterocycles. The van der Waals surface area contributed by atoms with Gasteiger partial charge in [-0.05, 0) is 56.6 Å². The number of aliphatic hydroxyl groups is 1. The molecule has 3 amide bonds. The standard InChI is InChI=1S/C29H43N3O4S/c1-17(2)19(15-33)32-23(25(35)31-28(6,7)16-27(3,4)5)29-14-13-20(37-29)21(22(29)26(32)36)24(34)30-18-11-9-8-10-12-18/h8-12,17,19-23,33H,13-16H2,1-7H3,(H,30,34)(H,31,35)/t19-,20-,21+,22-,23?,29?/m0/s1. The Labute approximate surface area is 225 Å². The second kappa shape index (κ2) is 9.92. The number of thioether (sulfide) groups is 1. The fraction of sp³-hybridized carbons (Fsp3) is 0.690. The molecular weight excluding hydrogens is 486 g/mol. The second-order valence-corrected chi connectivity index (χ2v) is 14.9. The summed E-state index contributed by atoms with van der Waals surface area (Å²) in [6.07, 6.45) is 2.27. The first-order valence-electron chi connectivity index (χ1n) is 13.5. The Hall–Kier alpha value is -2.06. The van der Waals surface area contributed by atoms with E-state index in [0.717, 1.165) is 12.8 Å². The molecule has 0 aliphatic carbocycles. The van der Waals surface area contributed by atoms with Gasteiger partial charge in [0.1, 0.15) is 6.04 Å². The van der Waals surface area contributed by atoms with E-state index in [-0.39, 0.29) is 40.9 Å². The highest BCUT2D eigenvalue weighted by Crippen LogP contribution is 2.66. The molecule has 1 aromatic carbocycles. The van der Waals surface area contributed by atoms with Gasteiger partial charge in [-0.3, -0.25) is 14.4 Å². The Morgan fingerprint density at radius 3 is 2.35 bits per heavy atom. The lowest BCUT2D eigenvalue weighted by molar-refractivity contribution is -0.143. The van der Waals surface area contributed by atoms with Crippen LogP contribution in [0.15, 0.2) is 30.3 Å². The van der Waals surface area contributed by atoms with E-state index in [4.69, 9.17) is 0 Å². The highest BCUT2D eigenvalue weighted by molar-refractivity contribution is 8.02. The summed E-state index contributed by atoms with van der Waals surface area (Å²) >= 11 is 1.65. The van der Waals surface area contributed by atoms with Crippen LogP contribution in [0.1, 0.15) is 67.7 Å². The zero-order chi connectivity index (χ0) is 27.3. The van der Waals surface area contributed by atoms with E-state index in [2.05, 4.69) is 31.4 Å². The molecule has 3 heterocycles. The quantitative estimate of drug-likeness (QED) is 0.472. The third-order valence-electron chi connectivity index (χ3n) is 8.08. The van der Waals surface area contributed by atoms with Crippen LogP contribution in [0.25, 0.3) is 0 Å². The Morgan fingerprint density at radius 1 is 1.14 bits per heavy atom. The maximum atomic E-state index is 14.2. The molecular formula is C29H43N3O4S. The zero-order valence-corrected chi connectivity index (χ0v) is 24.0. The minimum absolute atomic E-state index is 0.00946. The predicted molar refractivity (Wildman–Crippen MR) is 148 cm³/mol. The molecule has 1 spiro atoms. The van der Waals surface area contributed by atoms with Gasteiger partial charge in [0.2, 0.25) is 17.7 Å². The molecule has 0 aromatic heterocycles. The molecule has 3 saturated heterocycles. The number of aliphatic hydroxyl groups excluding tert-OH is 1. The third kappa shape index (κ3) is 5.16. The van der Waals surface area contributed by atoms with Crippen LogP contribution in [0.4, 0.5) is 5.69 Å². The number of likely N-dealkylation sites (tertiary alicyclic amines) is 1. The van der Waals surface area contributed by atoms with Gasteiger partial charge in [0.05, 0.1) is 29.2 Å². The zero-order valence-electron chi connectivity index (χ0n) is 23.2. The first-order chi connectivity index (χ1) is 17.2. The van der Waals surface area contributed by atoms with Gasteiger partial charge in [0, 0.05) is 16.5 Å². The average Bonchev–Trinajstić information content (AvgIpc) is 3.40. The van der Waals surface area contributed by atoms with E-state index in [0.29, 0.717) is 12.1 Å². The van der Waals surface area contributed by atoms with Gasteiger partial charge >= 0.3 is 0 Å². The van der Waals surface area contributed by atoms with Gasteiger partial charge in [-0.2, -0.15) is 0 Å². The minimum atomic E-state index is -0.728. The molecule has 2 bridgehead atoms. The first kappa shape index (κ1) is 28.0. The normalized spacial score (nSPS) is 30.0. The van der Waals surface area contributed by atoms with Crippen LogP contribution in [-0.4, -0.2) is 62.0 Å². The van der Waals surface area contributed by atoms with Crippen molar-refractivity contribution in [3.63, 3.8) is 0 Å². The van der Waals surface area contributed by atoms with Crippen molar-refractivity contribution in [1.82, 2.24) is 10.2 Å². The summed E-state index contributed by atoms with van der Waals surface area (Å²) in [6.45, 7) is 14.2. The van der Waals surface area contributed by atoms with E-state index in [1.165, 1.54) is 0 Å². The lowest BCUT2D eigenvalue weighted by Gasteiger charge is -2.41. The Balaban J connectivity index is 1.70. The fourth-order valence-corrected chi connectivity index (χ4v) is 9.39. The Kier molecular flexibility index (Phi) is 7.49. The number of carbonyl (C=O) groups excluding carboxylic acids is 3. The van der Waals surface area contributed by atoms with Gasteiger partial charge in [-0.25, -0.2) is 0 Å². The maximum absolute atomic E-state index is 14.2. The number of anilines is 1. The second-order valence-electron chi connectivity index (χ2n) is 13.3. The number of carbonyl (C=O) groups is 3. The molecule has 3 aliphatic rings. The van der Waals surface area contributed by atoms with Crippen LogP contribution in [-0.2, 0) is 14.4 Å². The molecule has 0 radical (unpaired) electrons. The van der Waals surface area contributed by atoms with Crippen molar-refractivity contribution in [2.45, 2.75) is 95.3 Å². The molecule has 37 heavy (non-hydrogen) atoms. The molecule has 204 valence electrons. The van der Waals surface area contributed by atoms with Gasteiger partial charge in [0.25, 0.3) is 0 Å². The summed E-state index contributed by atoms with van der Waals surface area (Å²) in [7, 11) is 0. The summed E-state index contributed by atoms with van der Waals surface area (Å²) in [5, 5.41) is 16.6. The average molecular weight is 530 g/mol. The molecule has 8 heteroatoms. The van der Waals surface area contributed by atoms with E-state index >= 15 is 0 Å². The van der Waals surface area contributed by atoms with Crippen molar-refractivity contribution in [3.8, 4) is 0 Å². The molecule has 2 unspecified atom stereocenters. The number of hydrogen-bond acceptors (Lipinski definition) is 5. The van der Waals surface area contributed by atoms with E-state index < -0.39 is 34.2 Å². The monoisotopic (exact) mass is 529 g/mol. The van der Waals surface area contributed by atoms with Gasteiger partial charge in [-0.1, -0.05) is 52.8 Å². The molecule has 6 atom stereocenters. The molecule has 3 N–H and O–H groups in total. The largest absolute Gasteiger partial charge is 0.394 e. The van der Waals surface area contributed by atoms with Gasteiger partial charge in [0.15, 0.2) is 0 Å². The highest BCUT2D eigenvalue weighted by Gasteiger charge is 2.74. The van der Waals surface area contributed by atoms with E-state index in [9.17, 15) is 19.5 Å². The number of amides is 3. The summed E-state index contributed by atoms with van der Waals surface area (Å²) in [5.41, 5.74) is 0.233. The number of fused-ring (bicyclic) bond motifs is 1. The Bertz CT molecular complexity index is 1040. The van der Waals surface area contributed by atoms with Crippen molar-refractivity contribution >= 4 is 35.2 Å². The summed E-state index contributed by atoms with van der Waals surface area (Å²) < 4.78 is -0.676. The van der Waals surface area contributed by atoms with Gasteiger partial charge < -0.3 is 20.6 Å². The third-order valence-corrected chi connectivity index (χ3v) is 10.0. The minimum Gasteiger partial charge on any atom is -0.394 e. The van der Waals surface area contributed by atoms with Crippen molar-refractivity contribution in [2.75, 3.05) is 11.9 Å². The van der Waals surface area contributed by atoms with Gasteiger partial charge in [-0.15, -0.1) is 11.8 Å². The SMILES string of the molecule is CC(C)[C@H](CO)N1C(=O)[C@@H]2[C@H](C(=O)Nc3ccccc3)[C@@H]3CCC2(S3)C1C(=O)NC(C)(C)CC(C)(C)C. The molecule has 1 aromatic rings. The lowest BCUT2D eigenvalue weighted by Crippen LogP contribution is -2.60. The van der Waals surface area contributed by atoms with Crippen LogP contribution in [0.5, 0.6) is 0 Å². The molecule has 4 rings (SSSR count). The van der Waals surface area contributed by atoms with Crippen molar-refractivity contribution in [2.24, 2.45) is 23.2 Å². The first-order valence-corrected chi connectivity index (χ1v) is 14.4. The predicted octanol–water partition coefficient (Wildman–Crippen LogP) is 4.06. The number of benzene rings is 1. The number of nitrogens with one attached hydrogen (secondary N) is 2. The van der Waals surface area contributed by atoms with Crippen LogP contribution >= 0.6 is 11.8 Å². The van der Waals surface area contributed by atoms with E-state index in [1.54, 1.807) is 16.7 Å². The van der Waals surface area contributed by atoms with Crippen LogP contribution in [0.2, 0.25) is 0 Å². The molecule has 7 nitrogen and oxygen atoms in total. The summed E-state index contributed by atoms with van der Waals surface area (Å²) in [4.78, 5) is 43.6. The van der Waals surface area contributed by atoms with Crippen LogP contribution in [0.3, 0.4) is 0 Å². The summed E-state index contributed by atoms with van der Waals surface area (Å²) in [6, 6.07) is 8.07.